The van der Waals surface area contributed by atoms with E-state index < -0.39 is 11.2 Å². The molecule has 0 aliphatic rings. The molecule has 1 rings (SSSR count). The number of rotatable bonds is 5. The van der Waals surface area contributed by atoms with E-state index >= 15 is 0 Å². The summed E-state index contributed by atoms with van der Waals surface area (Å²) in [6.07, 6.45) is 2.06. The Bertz CT molecular complexity index is 544. The van der Waals surface area contributed by atoms with Crippen LogP contribution in [-0.2, 0) is 17.9 Å². The molecule has 0 radical (unpaired) electrons. The highest BCUT2D eigenvalue weighted by Crippen LogP contribution is 1.92. The summed E-state index contributed by atoms with van der Waals surface area (Å²) >= 11 is 0. The number of amides is 1. The van der Waals surface area contributed by atoms with Crippen LogP contribution >= 0.6 is 0 Å². The Hall–Kier alpha value is -2.05. The number of nitrogens with two attached hydrogens (primary N) is 1. The number of carbonyl (C=O) groups excluding carboxylic acids is 1. The molecule has 7 heteroatoms. The zero-order valence-electron chi connectivity index (χ0n) is 10.6. The zero-order valence-corrected chi connectivity index (χ0v) is 10.6. The van der Waals surface area contributed by atoms with Crippen LogP contribution in [0.15, 0.2) is 15.8 Å². The molecule has 1 amide bonds. The summed E-state index contributed by atoms with van der Waals surface area (Å²) in [5.41, 5.74) is 4.37. The Morgan fingerprint density at radius 3 is 2.61 bits per heavy atom. The maximum atomic E-state index is 12.0. The van der Waals surface area contributed by atoms with Crippen molar-refractivity contribution in [3.63, 3.8) is 0 Å². The number of aryl methyl sites for hydroxylation is 1. The number of nitrogens with zero attached hydrogens (tertiary/aromatic N) is 2. The first-order valence-electron chi connectivity index (χ1n) is 5.87. The number of carbonyl (C=O) groups is 1. The topological polar surface area (TPSA) is 99.1 Å². The summed E-state index contributed by atoms with van der Waals surface area (Å²) in [4.78, 5) is 35.1. The van der Waals surface area contributed by atoms with E-state index in [9.17, 15) is 14.4 Å². The normalized spacial score (nSPS) is 10.3. The highest BCUT2D eigenvalue weighted by molar-refractivity contribution is 5.75. The van der Waals surface area contributed by atoms with Crippen LogP contribution in [0.3, 0.4) is 0 Å². The van der Waals surface area contributed by atoms with E-state index in [0.717, 1.165) is 11.0 Å². The Morgan fingerprint density at radius 2 is 2.06 bits per heavy atom. The number of nitrogen functional groups attached to an aromatic ring is 1. The Labute approximate surface area is 104 Å². The van der Waals surface area contributed by atoms with Gasteiger partial charge in [0, 0.05) is 19.3 Å². The lowest BCUT2D eigenvalue weighted by atomic mass is 10.4. The third-order valence-electron chi connectivity index (χ3n) is 2.40. The molecule has 0 bridgehead atoms. The average Bonchev–Trinajstić information content (AvgIpc) is 2.32. The molecule has 1 aromatic rings. The van der Waals surface area contributed by atoms with Gasteiger partial charge in [-0.15, -0.1) is 0 Å². The van der Waals surface area contributed by atoms with E-state index in [1.54, 1.807) is 6.92 Å². The Balaban J connectivity index is 3.21. The van der Waals surface area contributed by atoms with Gasteiger partial charge >= 0.3 is 5.69 Å². The van der Waals surface area contributed by atoms with Gasteiger partial charge in [0.1, 0.15) is 12.2 Å². The standard InChI is InChI=1S/C11H18N4O3/c1-3-5-14-6-8(12)10(17)15(11(14)18)7-9(16)13-4-2/h6H,3-5,7,12H2,1-2H3,(H,13,16). The Morgan fingerprint density at radius 1 is 1.39 bits per heavy atom. The first-order chi connectivity index (χ1) is 8.51. The lowest BCUT2D eigenvalue weighted by Gasteiger charge is -2.10. The van der Waals surface area contributed by atoms with E-state index in [0.29, 0.717) is 13.1 Å². The third kappa shape index (κ3) is 2.99. The predicted molar refractivity (Wildman–Crippen MR) is 68.3 cm³/mol. The maximum Gasteiger partial charge on any atom is 0.331 e. The van der Waals surface area contributed by atoms with Crippen molar-refractivity contribution in [3.05, 3.63) is 27.0 Å². The minimum atomic E-state index is -0.626. The monoisotopic (exact) mass is 254 g/mol. The number of aromatic nitrogens is 2. The number of anilines is 1. The number of hydrogen-bond donors (Lipinski definition) is 2. The van der Waals surface area contributed by atoms with Gasteiger partial charge in [0.25, 0.3) is 5.56 Å². The molecule has 0 aliphatic carbocycles. The Kier molecular flexibility index (Phi) is 4.70. The summed E-state index contributed by atoms with van der Waals surface area (Å²) < 4.78 is 2.20. The lowest BCUT2D eigenvalue weighted by molar-refractivity contribution is -0.121. The fraction of sp³-hybridized carbons (Fsp3) is 0.545. The van der Waals surface area contributed by atoms with Crippen LogP contribution in [0.1, 0.15) is 20.3 Å². The third-order valence-corrected chi connectivity index (χ3v) is 2.40. The van der Waals surface area contributed by atoms with E-state index in [1.165, 1.54) is 10.8 Å². The van der Waals surface area contributed by atoms with Gasteiger partial charge in [-0.3, -0.25) is 14.2 Å². The van der Waals surface area contributed by atoms with Crippen LogP contribution in [0.2, 0.25) is 0 Å². The summed E-state index contributed by atoms with van der Waals surface area (Å²) in [6, 6.07) is 0. The fourth-order valence-electron chi connectivity index (χ4n) is 1.61. The largest absolute Gasteiger partial charge is 0.393 e. The molecule has 7 nitrogen and oxygen atoms in total. The molecule has 1 aromatic heterocycles. The van der Waals surface area contributed by atoms with Gasteiger partial charge in [0.15, 0.2) is 0 Å². The van der Waals surface area contributed by atoms with Crippen LogP contribution in [0.4, 0.5) is 5.69 Å². The van der Waals surface area contributed by atoms with Gasteiger partial charge in [0.05, 0.1) is 0 Å². The first kappa shape index (κ1) is 14.0. The van der Waals surface area contributed by atoms with E-state index in [-0.39, 0.29) is 18.1 Å². The van der Waals surface area contributed by atoms with E-state index in [2.05, 4.69) is 5.32 Å². The number of likely N-dealkylation sites (N-methyl/N-ethyl adjacent to an activating group) is 1. The van der Waals surface area contributed by atoms with E-state index in [1.807, 2.05) is 6.92 Å². The van der Waals surface area contributed by atoms with Gasteiger partial charge in [-0.05, 0) is 13.3 Å². The molecular formula is C11H18N4O3. The highest BCUT2D eigenvalue weighted by Gasteiger charge is 2.11. The van der Waals surface area contributed by atoms with Crippen molar-refractivity contribution >= 4 is 11.6 Å². The van der Waals surface area contributed by atoms with E-state index in [4.69, 9.17) is 5.73 Å². The van der Waals surface area contributed by atoms with Crippen molar-refractivity contribution in [1.29, 1.82) is 0 Å². The maximum absolute atomic E-state index is 12.0. The predicted octanol–water partition coefficient (Wildman–Crippen LogP) is -0.862. The van der Waals surface area contributed by atoms with Crippen molar-refractivity contribution < 1.29 is 4.79 Å². The zero-order chi connectivity index (χ0) is 13.7. The molecule has 0 aliphatic heterocycles. The lowest BCUT2D eigenvalue weighted by Crippen LogP contribution is -2.44. The SMILES string of the molecule is CCCn1cc(N)c(=O)n(CC(=O)NCC)c1=O. The van der Waals surface area contributed by atoms with Crippen LogP contribution < -0.4 is 22.3 Å². The molecule has 0 saturated heterocycles. The minimum absolute atomic E-state index is 0.0349. The highest BCUT2D eigenvalue weighted by atomic mass is 16.2. The molecule has 0 saturated carbocycles. The molecular weight excluding hydrogens is 236 g/mol. The fourth-order valence-corrected chi connectivity index (χ4v) is 1.61. The molecule has 0 aromatic carbocycles. The van der Waals surface area contributed by atoms with Gasteiger partial charge < -0.3 is 11.1 Å². The molecule has 100 valence electrons. The van der Waals surface area contributed by atoms with Crippen LogP contribution in [-0.4, -0.2) is 21.6 Å². The molecule has 1 heterocycles. The van der Waals surface area contributed by atoms with Gasteiger partial charge in [0.2, 0.25) is 5.91 Å². The number of nitrogens with one attached hydrogen (secondary N) is 1. The molecule has 0 unspecified atom stereocenters. The van der Waals surface area contributed by atoms with Gasteiger partial charge in [-0.2, -0.15) is 0 Å². The van der Waals surface area contributed by atoms with Gasteiger partial charge in [-0.25, -0.2) is 9.36 Å². The molecule has 18 heavy (non-hydrogen) atoms. The summed E-state index contributed by atoms with van der Waals surface area (Å²) in [7, 11) is 0. The molecule has 0 atom stereocenters. The first-order valence-corrected chi connectivity index (χ1v) is 5.87. The molecule has 0 fully saturated rings. The van der Waals surface area contributed by atoms with Crippen LogP contribution in [0.5, 0.6) is 0 Å². The molecule has 3 N–H and O–H groups in total. The van der Waals surface area contributed by atoms with Crippen molar-refractivity contribution in [1.82, 2.24) is 14.5 Å². The van der Waals surface area contributed by atoms with Gasteiger partial charge in [-0.1, -0.05) is 6.92 Å². The van der Waals surface area contributed by atoms with Crippen molar-refractivity contribution in [2.75, 3.05) is 12.3 Å². The van der Waals surface area contributed by atoms with Crippen molar-refractivity contribution in [2.45, 2.75) is 33.4 Å². The van der Waals surface area contributed by atoms with Crippen LogP contribution in [0, 0.1) is 0 Å². The molecule has 0 spiro atoms. The van der Waals surface area contributed by atoms with Crippen molar-refractivity contribution in [2.24, 2.45) is 0 Å². The second-order valence-electron chi connectivity index (χ2n) is 3.91. The second-order valence-corrected chi connectivity index (χ2v) is 3.91. The summed E-state index contributed by atoms with van der Waals surface area (Å²) in [5, 5.41) is 2.53. The van der Waals surface area contributed by atoms with Crippen molar-refractivity contribution in [3.8, 4) is 0 Å². The summed E-state index contributed by atoms with van der Waals surface area (Å²) in [6.45, 7) is 4.26. The summed E-state index contributed by atoms with van der Waals surface area (Å²) in [5.74, 6) is -0.384. The quantitative estimate of drug-likeness (QED) is 0.714. The average molecular weight is 254 g/mol. The number of hydrogen-bond acceptors (Lipinski definition) is 4. The van der Waals surface area contributed by atoms with Crippen LogP contribution in [0.25, 0.3) is 0 Å². The minimum Gasteiger partial charge on any atom is -0.393 e. The smallest absolute Gasteiger partial charge is 0.331 e. The second kappa shape index (κ2) is 6.04.